The lowest BCUT2D eigenvalue weighted by Gasteiger charge is -2.46. The molecule has 15 aromatic rings. The molecule has 4 aliphatic rings. The Balaban J connectivity index is 0.903. The van der Waals surface area contributed by atoms with E-state index in [0.717, 1.165) is 84.8 Å². The van der Waals surface area contributed by atoms with Crippen LogP contribution in [0.4, 0.5) is 68.2 Å². The third-order valence-electron chi connectivity index (χ3n) is 21.8. The zero-order valence-corrected chi connectivity index (χ0v) is 61.9. The molecule has 0 amide bonds. The van der Waals surface area contributed by atoms with Crippen LogP contribution in [-0.2, 0) is 10.8 Å². The van der Waals surface area contributed by atoms with E-state index in [1.807, 2.05) is 23.5 Å². The Morgan fingerprint density at radius 1 is 0.255 bits per heavy atom. The number of fused-ring (bicyclic) bond motifs is 8. The van der Waals surface area contributed by atoms with Crippen LogP contribution < -0.4 is 52.4 Å². The summed E-state index contributed by atoms with van der Waals surface area (Å²) in [6.07, 6.45) is 0. The van der Waals surface area contributed by atoms with E-state index in [1.165, 1.54) is 91.4 Å². The predicted octanol–water partition coefficient (Wildman–Crippen LogP) is 23.4. The molecule has 4 heterocycles. The fraction of sp³-hybridized carbons (Fsp3) is 0.0816. The van der Waals surface area contributed by atoms with E-state index < -0.39 is 0 Å². The largest absolute Gasteiger partial charge is 0.311 e. The Morgan fingerprint density at radius 2 is 0.689 bits per heavy atom. The van der Waals surface area contributed by atoms with E-state index in [1.54, 1.807) is 0 Å². The molecule has 4 aliphatic heterocycles. The Kier molecular flexibility index (Phi) is 16.1. The van der Waals surface area contributed by atoms with Gasteiger partial charge in [-0.05, 0) is 180 Å². The predicted molar refractivity (Wildman–Crippen MR) is 455 cm³/mol. The van der Waals surface area contributed by atoms with Gasteiger partial charge < -0.3 is 19.6 Å². The number of rotatable bonds is 12. The second kappa shape index (κ2) is 26.2. The van der Waals surface area contributed by atoms with Crippen LogP contribution in [0.2, 0.25) is 0 Å². The molecular formula is C98H76B2N4S2. The van der Waals surface area contributed by atoms with Gasteiger partial charge in [0.1, 0.15) is 0 Å². The summed E-state index contributed by atoms with van der Waals surface area (Å²) in [5, 5.41) is 0. The van der Waals surface area contributed by atoms with Crippen molar-refractivity contribution in [2.45, 2.75) is 72.0 Å². The van der Waals surface area contributed by atoms with Gasteiger partial charge in [0.25, 0.3) is 6.71 Å². The lowest BCUT2D eigenvalue weighted by Crippen LogP contribution is -2.64. The highest BCUT2D eigenvalue weighted by atomic mass is 32.2. The monoisotopic (exact) mass is 1390 g/mol. The molecule has 19 rings (SSSR count). The van der Waals surface area contributed by atoms with Crippen LogP contribution in [-0.4, -0.2) is 13.4 Å². The summed E-state index contributed by atoms with van der Waals surface area (Å²) in [5.74, 6) is 0. The van der Waals surface area contributed by atoms with E-state index in [-0.39, 0.29) is 24.3 Å². The third-order valence-corrected chi connectivity index (χ3v) is 24.1. The second-order valence-electron chi connectivity index (χ2n) is 30.4. The normalized spacial score (nSPS) is 13.0. The molecule has 0 saturated heterocycles. The van der Waals surface area contributed by atoms with Gasteiger partial charge in [-0.2, -0.15) is 0 Å². The second-order valence-corrected chi connectivity index (χ2v) is 32.6. The van der Waals surface area contributed by atoms with Crippen molar-refractivity contribution in [3.05, 3.63) is 363 Å². The van der Waals surface area contributed by atoms with Gasteiger partial charge in [-0.1, -0.05) is 325 Å². The molecule has 0 spiro atoms. The summed E-state index contributed by atoms with van der Waals surface area (Å²) in [7, 11) is 0. The quantitative estimate of drug-likeness (QED) is 0.112. The first-order valence-corrected chi connectivity index (χ1v) is 38.6. The molecule has 8 heteroatoms. The van der Waals surface area contributed by atoms with E-state index in [2.05, 4.69) is 413 Å². The highest BCUT2D eigenvalue weighted by Gasteiger charge is 2.48. The first kappa shape index (κ1) is 65.1. The molecule has 0 bridgehead atoms. The first-order valence-electron chi connectivity index (χ1n) is 36.9. The molecule has 506 valence electrons. The van der Waals surface area contributed by atoms with Crippen molar-refractivity contribution in [3.8, 4) is 44.5 Å². The maximum Gasteiger partial charge on any atom is 0.252 e. The van der Waals surface area contributed by atoms with Crippen LogP contribution in [0.15, 0.2) is 371 Å². The Labute approximate surface area is 632 Å². The van der Waals surface area contributed by atoms with Gasteiger partial charge in [0.15, 0.2) is 0 Å². The van der Waals surface area contributed by atoms with Gasteiger partial charge in [0.05, 0.1) is 11.4 Å². The van der Waals surface area contributed by atoms with Crippen molar-refractivity contribution >= 4 is 138 Å². The van der Waals surface area contributed by atoms with Gasteiger partial charge in [0, 0.05) is 87.6 Å². The maximum absolute atomic E-state index is 2.73. The van der Waals surface area contributed by atoms with Crippen molar-refractivity contribution in [1.29, 1.82) is 0 Å². The average molecular weight is 1400 g/mol. The summed E-state index contributed by atoms with van der Waals surface area (Å²) >= 11 is 3.85. The van der Waals surface area contributed by atoms with Crippen LogP contribution in [0.3, 0.4) is 0 Å². The van der Waals surface area contributed by atoms with Crippen LogP contribution in [0, 0.1) is 0 Å². The lowest BCUT2D eigenvalue weighted by molar-refractivity contribution is 0.590. The minimum atomic E-state index is -0.184. The van der Waals surface area contributed by atoms with E-state index in [9.17, 15) is 0 Å². The fourth-order valence-corrected chi connectivity index (χ4v) is 19.2. The summed E-state index contributed by atoms with van der Waals surface area (Å²) in [6, 6.07) is 132. The zero-order valence-electron chi connectivity index (χ0n) is 60.2. The molecule has 0 fully saturated rings. The van der Waals surface area contributed by atoms with Gasteiger partial charge in [-0.25, -0.2) is 0 Å². The molecule has 15 aromatic carbocycles. The van der Waals surface area contributed by atoms with Crippen molar-refractivity contribution < 1.29 is 0 Å². The standard InChI is InChI=1S/C98H76B2N4S2/c1-97(2,3)71-52-46-68(47-53-71)80-40-27-41-81(69-48-54-72(55-49-69)98(4,5)6)96(80)104-87-64-91-85(63-84(87)99-82-42-22-24-44-86(82)103(75-37-20-11-21-38-75)88-59-78(60-89(104)94(88)99)101(73-33-16-9-17-34-73)74-35-18-10-19-36-74)100-83-43-23-25-45-90(83)105-92-61-79(62-93(106-91)95(92)100)102(76-56-50-67(51-57-76)65-28-12-7-13-29-65)77-39-26-32-70(58-77)66-30-14-8-15-31-66/h7-64H,1-6H3. The van der Waals surface area contributed by atoms with E-state index in [4.69, 9.17) is 0 Å². The SMILES string of the molecule is CC(C)(C)c1ccc(-c2cccc(-c3ccc(C(C)(C)C)cc3)c2N2c3cc4c(cc3B3c5ccccc5N(c5ccccc5)c5cc(N(c6ccccc6)c6ccccc6)cc2c53)B2c3ccccc3Sc3cc(N(c5ccc(-c6ccccc6)cc5)c5cccc(-c6ccccc6)c5)cc(c32)S4)cc1. The molecule has 0 N–H and O–H groups in total. The van der Waals surface area contributed by atoms with Crippen LogP contribution >= 0.6 is 23.5 Å². The topological polar surface area (TPSA) is 13.0 Å². The van der Waals surface area contributed by atoms with Crippen LogP contribution in [0.1, 0.15) is 52.7 Å². The van der Waals surface area contributed by atoms with E-state index in [0.29, 0.717) is 0 Å². The molecule has 4 nitrogen and oxygen atoms in total. The zero-order chi connectivity index (χ0) is 71.4. The summed E-state index contributed by atoms with van der Waals surface area (Å²) in [5.41, 5.74) is 33.0. The molecule has 106 heavy (non-hydrogen) atoms. The van der Waals surface area contributed by atoms with Gasteiger partial charge in [0.2, 0.25) is 6.71 Å². The highest BCUT2D eigenvalue weighted by Crippen LogP contribution is 2.54. The summed E-state index contributed by atoms with van der Waals surface area (Å²) in [4.78, 5) is 15.3. The molecule has 0 aromatic heterocycles. The van der Waals surface area contributed by atoms with E-state index >= 15 is 0 Å². The minimum Gasteiger partial charge on any atom is -0.311 e. The van der Waals surface area contributed by atoms with Crippen molar-refractivity contribution in [2.24, 2.45) is 0 Å². The number of para-hydroxylation sites is 5. The smallest absolute Gasteiger partial charge is 0.252 e. The fourth-order valence-electron chi connectivity index (χ4n) is 16.7. The average Bonchev–Trinajstić information content (AvgIpc) is 0.687. The number of anilines is 12. The first-order chi connectivity index (χ1) is 51.8. The minimum absolute atomic E-state index is 0.0447. The summed E-state index contributed by atoms with van der Waals surface area (Å²) in [6.45, 7) is 13.6. The molecular weight excluding hydrogens is 1320 g/mol. The molecule has 0 unspecified atom stereocenters. The number of nitrogens with zero attached hydrogens (tertiary/aromatic N) is 4. The Bertz CT molecular complexity index is 5750. The molecule has 0 radical (unpaired) electrons. The van der Waals surface area contributed by atoms with Crippen molar-refractivity contribution in [2.75, 3.05) is 19.6 Å². The highest BCUT2D eigenvalue weighted by molar-refractivity contribution is 8.01. The maximum atomic E-state index is 2.73. The third kappa shape index (κ3) is 11.4. The van der Waals surface area contributed by atoms with Crippen LogP contribution in [0.5, 0.6) is 0 Å². The lowest BCUT2D eigenvalue weighted by atomic mass is 9.31. The van der Waals surface area contributed by atoms with Gasteiger partial charge >= 0.3 is 0 Å². The molecule has 0 aliphatic carbocycles. The van der Waals surface area contributed by atoms with Gasteiger partial charge in [-0.3, -0.25) is 0 Å². The van der Waals surface area contributed by atoms with Crippen LogP contribution in [0.25, 0.3) is 44.5 Å². The number of benzene rings is 15. The number of hydrogen-bond donors (Lipinski definition) is 0. The van der Waals surface area contributed by atoms with Crippen molar-refractivity contribution in [1.82, 2.24) is 0 Å². The Hall–Kier alpha value is -11.7. The molecule has 0 saturated carbocycles. The Morgan fingerprint density at radius 3 is 1.28 bits per heavy atom. The molecule has 0 atom stereocenters. The van der Waals surface area contributed by atoms with Gasteiger partial charge in [-0.15, -0.1) is 0 Å². The number of hydrogen-bond acceptors (Lipinski definition) is 6. The van der Waals surface area contributed by atoms with Crippen molar-refractivity contribution in [3.63, 3.8) is 0 Å². The summed E-state index contributed by atoms with van der Waals surface area (Å²) < 4.78 is 0.